The molecule has 0 radical (unpaired) electrons. The minimum absolute atomic E-state index is 0.0400. The number of nitrogen functional groups attached to an aromatic ring is 2. The third-order valence-electron chi connectivity index (χ3n) is 4.50. The molecule has 0 aliphatic heterocycles. The molecule has 12 nitrogen and oxygen atoms in total. The lowest BCUT2D eigenvalue weighted by molar-refractivity contribution is 0.400. The van der Waals surface area contributed by atoms with E-state index in [0.717, 1.165) is 0 Å². The van der Waals surface area contributed by atoms with Gasteiger partial charge in [-0.3, -0.25) is 4.72 Å². The summed E-state index contributed by atoms with van der Waals surface area (Å²) < 4.78 is 62.2. The topological polar surface area (TPSA) is 196 Å². The van der Waals surface area contributed by atoms with Crippen LogP contribution in [0.4, 0.5) is 23.2 Å². The monoisotopic (exact) mass is 520 g/mol. The van der Waals surface area contributed by atoms with Crippen LogP contribution in [0.1, 0.15) is 17.2 Å². The smallest absolute Gasteiger partial charge is 0.309 e. The third-order valence-corrected chi connectivity index (χ3v) is 7.20. The Kier molecular flexibility index (Phi) is 7.36. The van der Waals surface area contributed by atoms with Gasteiger partial charge in [-0.2, -0.15) is 4.98 Å². The largest absolute Gasteiger partial charge is 0.428 e. The van der Waals surface area contributed by atoms with E-state index in [9.17, 15) is 16.8 Å². The zero-order valence-electron chi connectivity index (χ0n) is 19.0. The highest BCUT2D eigenvalue weighted by molar-refractivity contribution is 7.93. The van der Waals surface area contributed by atoms with Crippen LogP contribution < -0.4 is 20.9 Å². The van der Waals surface area contributed by atoms with Crippen LogP contribution in [0.3, 0.4) is 0 Å². The van der Waals surface area contributed by atoms with Crippen molar-refractivity contribution in [3.8, 4) is 0 Å². The van der Waals surface area contributed by atoms with Crippen molar-refractivity contribution in [2.45, 2.75) is 30.6 Å². The van der Waals surface area contributed by atoms with Gasteiger partial charge in [0.05, 0.1) is 15.5 Å². The number of hydrogen-bond donors (Lipinski definition) is 4. The number of nitrogens with two attached hydrogens (primary N) is 2. The van der Waals surface area contributed by atoms with Crippen molar-refractivity contribution >= 4 is 43.3 Å². The average molecular weight is 521 g/mol. The van der Waals surface area contributed by atoms with E-state index in [-0.39, 0.29) is 21.6 Å². The van der Waals surface area contributed by atoms with E-state index in [4.69, 9.17) is 20.4 Å². The van der Waals surface area contributed by atoms with Crippen molar-refractivity contribution in [2.75, 3.05) is 20.9 Å². The molecule has 2 heterocycles. The molecule has 0 atom stereocenters. The molecule has 0 amide bonds. The predicted octanol–water partition coefficient (Wildman–Crippen LogP) is 3.04. The number of sulfonamides is 2. The van der Waals surface area contributed by atoms with E-state index in [1.54, 1.807) is 20.8 Å². The SMILES string of the molecule is Cc1cc(NS(=O)(=O)c2ccc(N)cc2)no1.Cc1nc(NS(=O)(=O)c2ccc(N)cc2)oc1C. The summed E-state index contributed by atoms with van der Waals surface area (Å²) in [4.78, 5) is 4.18. The standard InChI is InChI=1S/C11H13N3O3S.C10H11N3O3S/c1-7-8(2)17-11(13-7)14-18(15,16)10-5-3-9(12)4-6-10;1-7-6-10(12-16-7)13-17(14,15)9-4-2-8(11)3-5-9/h3-6H,12H2,1-2H3,(H,13,14);2-6H,11H2,1H3,(H,12,13). The molecule has 0 unspecified atom stereocenters. The van der Waals surface area contributed by atoms with Crippen LogP contribution in [-0.4, -0.2) is 27.0 Å². The van der Waals surface area contributed by atoms with Gasteiger partial charge in [0.15, 0.2) is 5.82 Å². The molecule has 0 aliphatic carbocycles. The van der Waals surface area contributed by atoms with Gasteiger partial charge in [-0.15, -0.1) is 0 Å². The molecule has 0 saturated heterocycles. The second-order valence-corrected chi connectivity index (χ2v) is 10.7. The molecule has 0 spiro atoms. The summed E-state index contributed by atoms with van der Waals surface area (Å²) in [5.74, 6) is 1.25. The first-order chi connectivity index (χ1) is 16.4. The van der Waals surface area contributed by atoms with Gasteiger partial charge >= 0.3 is 6.01 Å². The van der Waals surface area contributed by atoms with Crippen molar-refractivity contribution in [3.63, 3.8) is 0 Å². The second kappa shape index (κ2) is 10.1. The van der Waals surface area contributed by atoms with Gasteiger partial charge < -0.3 is 20.4 Å². The van der Waals surface area contributed by atoms with Crippen LogP contribution in [0.25, 0.3) is 0 Å². The van der Waals surface area contributed by atoms with E-state index in [1.807, 2.05) is 0 Å². The van der Waals surface area contributed by atoms with Crippen LogP contribution in [0.2, 0.25) is 0 Å². The maximum absolute atomic E-state index is 12.0. The lowest BCUT2D eigenvalue weighted by atomic mass is 10.3. The summed E-state index contributed by atoms with van der Waals surface area (Å²) >= 11 is 0. The Morgan fingerprint density at radius 2 is 1.26 bits per heavy atom. The van der Waals surface area contributed by atoms with E-state index in [1.165, 1.54) is 54.6 Å². The number of oxazole rings is 1. The minimum Gasteiger partial charge on any atom is -0.428 e. The molecular weight excluding hydrogens is 496 g/mol. The summed E-state index contributed by atoms with van der Waals surface area (Å²) in [6.07, 6.45) is 0. The van der Waals surface area contributed by atoms with Crippen molar-refractivity contribution in [1.29, 1.82) is 0 Å². The lowest BCUT2D eigenvalue weighted by Crippen LogP contribution is -2.13. The summed E-state index contributed by atoms with van der Waals surface area (Å²) in [5, 5.41) is 3.55. The summed E-state index contributed by atoms with van der Waals surface area (Å²) in [5.41, 5.74) is 12.6. The molecule has 35 heavy (non-hydrogen) atoms. The van der Waals surface area contributed by atoms with Crippen molar-refractivity contribution in [3.05, 3.63) is 71.8 Å². The molecule has 0 saturated carbocycles. The molecule has 0 fully saturated rings. The Hall–Kier alpha value is -4.04. The fourth-order valence-electron chi connectivity index (χ4n) is 2.60. The maximum atomic E-state index is 12.0. The van der Waals surface area contributed by atoms with Gasteiger partial charge in [0.25, 0.3) is 20.0 Å². The van der Waals surface area contributed by atoms with Crippen LogP contribution >= 0.6 is 0 Å². The number of rotatable bonds is 6. The quantitative estimate of drug-likeness (QED) is 0.274. The van der Waals surface area contributed by atoms with Gasteiger partial charge in [0, 0.05) is 17.4 Å². The fourth-order valence-corrected chi connectivity index (χ4v) is 4.51. The molecule has 2 aromatic carbocycles. The molecular formula is C21H24N6O6S2. The second-order valence-electron chi connectivity index (χ2n) is 7.33. The summed E-state index contributed by atoms with van der Waals surface area (Å²) in [6.45, 7) is 5.12. The van der Waals surface area contributed by atoms with E-state index >= 15 is 0 Å². The molecule has 4 aromatic rings. The molecule has 2 aromatic heterocycles. The average Bonchev–Trinajstić information content (AvgIpc) is 3.32. The zero-order chi connectivity index (χ0) is 25.8. The summed E-state index contributed by atoms with van der Waals surface area (Å²) in [7, 11) is -7.34. The van der Waals surface area contributed by atoms with E-state index in [2.05, 4.69) is 19.6 Å². The lowest BCUT2D eigenvalue weighted by Gasteiger charge is -2.04. The first-order valence-electron chi connectivity index (χ1n) is 10.00. The Labute approximate surface area is 202 Å². The number of aryl methyl sites for hydroxylation is 3. The number of nitrogens with zero attached hydrogens (tertiary/aromatic N) is 2. The molecule has 0 bridgehead atoms. The van der Waals surface area contributed by atoms with Crippen molar-refractivity contribution < 1.29 is 25.8 Å². The normalized spacial score (nSPS) is 11.4. The first kappa shape index (κ1) is 25.6. The van der Waals surface area contributed by atoms with Gasteiger partial charge in [0.1, 0.15) is 11.5 Å². The molecule has 186 valence electrons. The van der Waals surface area contributed by atoms with E-state index < -0.39 is 20.0 Å². The highest BCUT2D eigenvalue weighted by atomic mass is 32.2. The highest BCUT2D eigenvalue weighted by Crippen LogP contribution is 2.19. The molecule has 6 N–H and O–H groups in total. The number of hydrogen-bond acceptors (Lipinski definition) is 10. The fraction of sp³-hybridized carbons (Fsp3) is 0.143. The Morgan fingerprint density at radius 3 is 1.66 bits per heavy atom. The van der Waals surface area contributed by atoms with Gasteiger partial charge in [-0.25, -0.2) is 21.6 Å². The Bertz CT molecular complexity index is 1490. The van der Waals surface area contributed by atoms with Gasteiger partial charge in [-0.05, 0) is 69.3 Å². The van der Waals surface area contributed by atoms with Crippen molar-refractivity contribution in [1.82, 2.24) is 10.1 Å². The first-order valence-corrected chi connectivity index (χ1v) is 13.0. The predicted molar refractivity (Wildman–Crippen MR) is 131 cm³/mol. The van der Waals surface area contributed by atoms with Crippen LogP contribution in [-0.2, 0) is 20.0 Å². The van der Waals surface area contributed by atoms with E-state index in [0.29, 0.717) is 28.6 Å². The maximum Gasteiger partial charge on any atom is 0.309 e. The van der Waals surface area contributed by atoms with Crippen LogP contribution in [0.15, 0.2) is 73.3 Å². The molecule has 4 rings (SSSR count). The summed E-state index contributed by atoms with van der Waals surface area (Å²) in [6, 6.07) is 13.2. The molecule has 14 heteroatoms. The van der Waals surface area contributed by atoms with Gasteiger partial charge in [0.2, 0.25) is 0 Å². The number of nitrogens with one attached hydrogen (secondary N) is 2. The van der Waals surface area contributed by atoms with Crippen LogP contribution in [0.5, 0.6) is 0 Å². The number of benzene rings is 2. The highest BCUT2D eigenvalue weighted by Gasteiger charge is 2.18. The Balaban J connectivity index is 0.000000196. The Morgan fingerprint density at radius 1 is 0.771 bits per heavy atom. The van der Waals surface area contributed by atoms with Crippen molar-refractivity contribution in [2.24, 2.45) is 0 Å². The third kappa shape index (κ3) is 6.74. The van der Waals surface area contributed by atoms with Crippen LogP contribution in [0, 0.1) is 20.8 Å². The molecule has 0 aliphatic rings. The number of anilines is 4. The zero-order valence-corrected chi connectivity index (χ0v) is 20.6. The van der Waals surface area contributed by atoms with Gasteiger partial charge in [-0.1, -0.05) is 5.16 Å². The minimum atomic E-state index is -3.70. The number of aromatic nitrogens is 2.